The van der Waals surface area contributed by atoms with Crippen LogP contribution in [-0.2, 0) is 0 Å². The van der Waals surface area contributed by atoms with Gasteiger partial charge in [-0.25, -0.2) is 4.68 Å². The maximum absolute atomic E-state index is 12.4. The summed E-state index contributed by atoms with van der Waals surface area (Å²) < 4.78 is 1.49. The molecule has 0 fully saturated rings. The van der Waals surface area contributed by atoms with Crippen LogP contribution >= 0.6 is 11.6 Å². The summed E-state index contributed by atoms with van der Waals surface area (Å²) in [5.41, 5.74) is 1.91. The molecule has 0 aliphatic carbocycles. The number of carbonyl (C=O) groups excluding carboxylic acids is 1. The Labute approximate surface area is 144 Å². The van der Waals surface area contributed by atoms with Gasteiger partial charge >= 0.3 is 0 Å². The minimum Gasteiger partial charge on any atom is -0.344 e. The van der Waals surface area contributed by atoms with Crippen LogP contribution in [0.5, 0.6) is 0 Å². The van der Waals surface area contributed by atoms with Gasteiger partial charge in [0.25, 0.3) is 5.91 Å². The predicted molar refractivity (Wildman–Crippen MR) is 91.1 cm³/mol. The van der Waals surface area contributed by atoms with Gasteiger partial charge in [-0.05, 0) is 36.2 Å². The first-order valence-corrected chi connectivity index (χ1v) is 7.95. The average molecular weight is 342 g/mol. The molecule has 2 aromatic heterocycles. The molecular weight excluding hydrogens is 326 g/mol. The summed E-state index contributed by atoms with van der Waals surface area (Å²) in [5, 5.41) is 11.4. The van der Waals surface area contributed by atoms with Crippen LogP contribution in [0.1, 0.15) is 35.4 Å². The van der Waals surface area contributed by atoms with Crippen molar-refractivity contribution in [3.05, 3.63) is 71.3 Å². The van der Waals surface area contributed by atoms with Gasteiger partial charge in [0.1, 0.15) is 0 Å². The van der Waals surface area contributed by atoms with Gasteiger partial charge in [-0.1, -0.05) is 35.9 Å². The van der Waals surface area contributed by atoms with E-state index in [9.17, 15) is 4.79 Å². The maximum atomic E-state index is 12.4. The average Bonchev–Trinajstić information content (AvgIpc) is 3.10. The van der Waals surface area contributed by atoms with Crippen LogP contribution in [0.25, 0.3) is 5.69 Å². The quantitative estimate of drug-likeness (QED) is 0.773. The lowest BCUT2D eigenvalue weighted by Gasteiger charge is -2.16. The van der Waals surface area contributed by atoms with Crippen LogP contribution in [0, 0.1) is 0 Å². The van der Waals surface area contributed by atoms with Crippen molar-refractivity contribution in [3.63, 3.8) is 0 Å². The third-order valence-corrected chi connectivity index (χ3v) is 3.97. The molecule has 1 amide bonds. The molecule has 0 radical (unpaired) electrons. The highest BCUT2D eigenvalue weighted by Crippen LogP contribution is 2.19. The van der Waals surface area contributed by atoms with Crippen molar-refractivity contribution < 1.29 is 4.79 Å². The number of aromatic nitrogens is 4. The molecule has 3 aromatic rings. The summed E-state index contributed by atoms with van der Waals surface area (Å²) in [6.07, 6.45) is 5.74. The van der Waals surface area contributed by atoms with E-state index in [2.05, 4.69) is 20.6 Å². The molecule has 7 heteroatoms. The van der Waals surface area contributed by atoms with Crippen LogP contribution in [0.3, 0.4) is 0 Å². The lowest BCUT2D eigenvalue weighted by atomic mass is 10.1. The first-order valence-electron chi connectivity index (χ1n) is 7.57. The number of halogens is 1. The van der Waals surface area contributed by atoms with Gasteiger partial charge in [0.15, 0.2) is 5.69 Å². The Morgan fingerprint density at radius 1 is 1.25 bits per heavy atom. The summed E-state index contributed by atoms with van der Waals surface area (Å²) in [7, 11) is 0. The standard InChI is InChI=1S/C17H16ClN5O/c1-2-14(12-7-9-19-10-8-12)20-17(24)15-11-23(22-21-15)16-6-4-3-5-13(16)18/h3-11,14H,2H2,1H3,(H,20,24). The van der Waals surface area contributed by atoms with Gasteiger partial charge in [-0.3, -0.25) is 9.78 Å². The first kappa shape index (κ1) is 16.1. The number of hydrogen-bond donors (Lipinski definition) is 1. The second kappa shape index (κ2) is 7.23. The number of carbonyl (C=O) groups is 1. The zero-order valence-corrected chi connectivity index (χ0v) is 13.8. The van der Waals surface area contributed by atoms with E-state index in [0.717, 1.165) is 12.0 Å². The summed E-state index contributed by atoms with van der Waals surface area (Å²) in [6.45, 7) is 2.01. The largest absolute Gasteiger partial charge is 0.344 e. The zero-order valence-electron chi connectivity index (χ0n) is 13.1. The molecule has 1 aromatic carbocycles. The Hall–Kier alpha value is -2.73. The van der Waals surface area contributed by atoms with Crippen molar-refractivity contribution in [1.82, 2.24) is 25.3 Å². The number of amides is 1. The van der Waals surface area contributed by atoms with E-state index in [4.69, 9.17) is 11.6 Å². The predicted octanol–water partition coefficient (Wildman–Crippen LogP) is 3.20. The minimum atomic E-state index is -0.281. The third-order valence-electron chi connectivity index (χ3n) is 3.65. The molecule has 3 rings (SSSR count). The fraction of sp³-hybridized carbons (Fsp3) is 0.176. The van der Waals surface area contributed by atoms with Crippen LogP contribution in [0.2, 0.25) is 5.02 Å². The molecule has 2 heterocycles. The maximum Gasteiger partial charge on any atom is 0.273 e. The fourth-order valence-corrected chi connectivity index (χ4v) is 2.59. The molecule has 122 valence electrons. The number of nitrogens with one attached hydrogen (secondary N) is 1. The minimum absolute atomic E-state index is 0.106. The monoisotopic (exact) mass is 341 g/mol. The molecular formula is C17H16ClN5O. The van der Waals surface area contributed by atoms with Crippen molar-refractivity contribution in [2.75, 3.05) is 0 Å². The summed E-state index contributed by atoms with van der Waals surface area (Å²) in [4.78, 5) is 16.4. The molecule has 1 unspecified atom stereocenters. The Morgan fingerprint density at radius 3 is 2.71 bits per heavy atom. The topological polar surface area (TPSA) is 72.7 Å². The molecule has 1 N–H and O–H groups in total. The van der Waals surface area contributed by atoms with E-state index in [0.29, 0.717) is 10.7 Å². The normalized spacial score (nSPS) is 11.9. The second-order valence-corrected chi connectivity index (χ2v) is 5.62. The lowest BCUT2D eigenvalue weighted by Crippen LogP contribution is -2.28. The fourth-order valence-electron chi connectivity index (χ4n) is 2.37. The number of benzene rings is 1. The number of pyridine rings is 1. The van der Waals surface area contributed by atoms with Gasteiger partial charge in [-0.2, -0.15) is 0 Å². The van der Waals surface area contributed by atoms with Crippen molar-refractivity contribution in [2.24, 2.45) is 0 Å². The molecule has 0 spiro atoms. The van der Waals surface area contributed by atoms with Crippen LogP contribution in [0.15, 0.2) is 55.0 Å². The van der Waals surface area contributed by atoms with Gasteiger partial charge < -0.3 is 5.32 Å². The lowest BCUT2D eigenvalue weighted by molar-refractivity contribution is 0.0930. The molecule has 0 bridgehead atoms. The van der Waals surface area contributed by atoms with Crippen molar-refractivity contribution in [2.45, 2.75) is 19.4 Å². The van der Waals surface area contributed by atoms with Gasteiger partial charge in [-0.15, -0.1) is 5.10 Å². The van der Waals surface area contributed by atoms with Crippen molar-refractivity contribution >= 4 is 17.5 Å². The highest BCUT2D eigenvalue weighted by Gasteiger charge is 2.17. The zero-order chi connectivity index (χ0) is 16.9. The molecule has 0 aliphatic rings. The Balaban J connectivity index is 1.78. The number of para-hydroxylation sites is 1. The highest BCUT2D eigenvalue weighted by molar-refractivity contribution is 6.32. The smallest absolute Gasteiger partial charge is 0.273 e. The van der Waals surface area contributed by atoms with Gasteiger partial charge in [0.05, 0.1) is 22.9 Å². The Kier molecular flexibility index (Phi) is 4.86. The molecule has 0 saturated carbocycles. The molecule has 6 nitrogen and oxygen atoms in total. The van der Waals surface area contributed by atoms with E-state index in [1.807, 2.05) is 37.3 Å². The first-order chi connectivity index (χ1) is 11.7. The second-order valence-electron chi connectivity index (χ2n) is 5.21. The van der Waals surface area contributed by atoms with Crippen LogP contribution in [0.4, 0.5) is 0 Å². The van der Waals surface area contributed by atoms with Crippen LogP contribution in [-0.4, -0.2) is 25.9 Å². The summed E-state index contributed by atoms with van der Waals surface area (Å²) >= 11 is 6.14. The Bertz CT molecular complexity index is 834. The highest BCUT2D eigenvalue weighted by atomic mass is 35.5. The number of rotatable bonds is 5. The third kappa shape index (κ3) is 3.44. The van der Waals surface area contributed by atoms with Crippen molar-refractivity contribution in [3.8, 4) is 5.69 Å². The SMILES string of the molecule is CCC(NC(=O)c1cn(-c2ccccc2Cl)nn1)c1ccncc1. The van der Waals surface area contributed by atoms with E-state index in [-0.39, 0.29) is 17.6 Å². The molecule has 0 saturated heterocycles. The number of nitrogens with zero attached hydrogens (tertiary/aromatic N) is 4. The molecule has 0 aliphatic heterocycles. The van der Waals surface area contributed by atoms with E-state index >= 15 is 0 Å². The number of hydrogen-bond acceptors (Lipinski definition) is 4. The van der Waals surface area contributed by atoms with Crippen LogP contribution < -0.4 is 5.32 Å². The molecule has 1 atom stereocenters. The summed E-state index contributed by atoms with van der Waals surface area (Å²) in [5.74, 6) is -0.281. The van der Waals surface area contributed by atoms with Gasteiger partial charge in [0.2, 0.25) is 0 Å². The van der Waals surface area contributed by atoms with E-state index < -0.39 is 0 Å². The molecule has 24 heavy (non-hydrogen) atoms. The van der Waals surface area contributed by atoms with E-state index in [1.54, 1.807) is 24.7 Å². The van der Waals surface area contributed by atoms with Gasteiger partial charge in [0, 0.05) is 12.4 Å². The Morgan fingerprint density at radius 2 is 2.00 bits per heavy atom. The van der Waals surface area contributed by atoms with E-state index in [1.165, 1.54) is 4.68 Å². The van der Waals surface area contributed by atoms with Crippen molar-refractivity contribution in [1.29, 1.82) is 0 Å². The summed E-state index contributed by atoms with van der Waals surface area (Å²) in [6, 6.07) is 10.9.